The van der Waals surface area contributed by atoms with E-state index < -0.39 is 10.8 Å². The van der Waals surface area contributed by atoms with Crippen LogP contribution in [-0.2, 0) is 10.8 Å². The number of halogens is 1. The van der Waals surface area contributed by atoms with Gasteiger partial charge in [0.2, 0.25) is 0 Å². The molecule has 0 aliphatic heterocycles. The summed E-state index contributed by atoms with van der Waals surface area (Å²) in [6, 6.07) is 15.9. The Labute approximate surface area is 106 Å². The second-order valence-electron chi connectivity index (χ2n) is 3.46. The van der Waals surface area contributed by atoms with E-state index in [0.29, 0.717) is 0 Å². The molecule has 0 radical (unpaired) electrons. The van der Waals surface area contributed by atoms with E-state index in [1.807, 2.05) is 48.5 Å². The van der Waals surface area contributed by atoms with E-state index in [0.717, 1.165) is 20.5 Å². The molecule has 2 rings (SSSR count). The lowest BCUT2D eigenvalue weighted by molar-refractivity contribution is 0.687. The summed E-state index contributed by atoms with van der Waals surface area (Å²) in [7, 11) is -0.981. The van der Waals surface area contributed by atoms with E-state index in [1.165, 1.54) is 0 Å². The Hall–Kier alpha value is -0.930. The summed E-state index contributed by atoms with van der Waals surface area (Å²) in [6.07, 6.45) is 1.70. The fraction of sp³-hybridized carbons (Fsp3) is 0.0769. The molecule has 16 heavy (non-hydrogen) atoms. The summed E-state index contributed by atoms with van der Waals surface area (Å²) in [5.74, 6) is 0. The molecule has 1 nitrogen and oxygen atoms in total. The summed E-state index contributed by atoms with van der Waals surface area (Å²) in [5, 5.41) is 0. The summed E-state index contributed by atoms with van der Waals surface area (Å²) in [5.41, 5.74) is 2.13. The molecule has 0 aliphatic carbocycles. The van der Waals surface area contributed by atoms with Gasteiger partial charge in [-0.2, -0.15) is 0 Å². The lowest BCUT2D eigenvalue weighted by Gasteiger charge is -2.07. The van der Waals surface area contributed by atoms with Crippen molar-refractivity contribution >= 4 is 26.7 Å². The molecule has 0 aromatic heterocycles. The first-order valence-corrected chi connectivity index (χ1v) is 7.22. The Morgan fingerprint density at radius 1 is 1.06 bits per heavy atom. The van der Waals surface area contributed by atoms with E-state index in [9.17, 15) is 4.21 Å². The second-order valence-corrected chi connectivity index (χ2v) is 5.72. The maximum Gasteiger partial charge on any atom is 0.0504 e. The molecule has 0 heterocycles. The zero-order chi connectivity index (χ0) is 11.5. The molecular weight excluding hydrogens is 284 g/mol. The third kappa shape index (κ3) is 2.42. The van der Waals surface area contributed by atoms with Gasteiger partial charge in [-0.05, 0) is 23.3 Å². The van der Waals surface area contributed by atoms with Crippen molar-refractivity contribution in [2.45, 2.75) is 4.90 Å². The highest BCUT2D eigenvalue weighted by Gasteiger charge is 2.08. The zero-order valence-electron chi connectivity index (χ0n) is 8.81. The van der Waals surface area contributed by atoms with Crippen molar-refractivity contribution in [1.29, 1.82) is 0 Å². The molecule has 0 fully saturated rings. The SMILES string of the molecule is CS(=O)c1cc(Br)ccc1-c1ccccc1. The van der Waals surface area contributed by atoms with Crippen molar-refractivity contribution in [1.82, 2.24) is 0 Å². The van der Waals surface area contributed by atoms with Crippen LogP contribution in [-0.4, -0.2) is 10.5 Å². The smallest absolute Gasteiger partial charge is 0.0504 e. The van der Waals surface area contributed by atoms with Crippen molar-refractivity contribution in [3.63, 3.8) is 0 Å². The van der Waals surface area contributed by atoms with Gasteiger partial charge in [-0.15, -0.1) is 0 Å². The molecule has 2 aromatic rings. The Morgan fingerprint density at radius 3 is 2.38 bits per heavy atom. The van der Waals surface area contributed by atoms with E-state index in [1.54, 1.807) is 6.26 Å². The van der Waals surface area contributed by atoms with Crippen LogP contribution in [0.1, 0.15) is 0 Å². The van der Waals surface area contributed by atoms with Crippen molar-refractivity contribution in [3.05, 3.63) is 53.0 Å². The maximum atomic E-state index is 11.7. The predicted molar refractivity (Wildman–Crippen MR) is 71.9 cm³/mol. The topological polar surface area (TPSA) is 17.1 Å². The van der Waals surface area contributed by atoms with Crippen LogP contribution in [0.2, 0.25) is 0 Å². The third-order valence-electron chi connectivity index (χ3n) is 2.34. The van der Waals surface area contributed by atoms with E-state index in [-0.39, 0.29) is 0 Å². The molecule has 3 heteroatoms. The van der Waals surface area contributed by atoms with Gasteiger partial charge in [0, 0.05) is 15.6 Å². The first-order valence-electron chi connectivity index (χ1n) is 4.87. The number of rotatable bonds is 2. The monoisotopic (exact) mass is 294 g/mol. The molecule has 0 amide bonds. The lowest BCUT2D eigenvalue weighted by atomic mass is 10.1. The van der Waals surface area contributed by atoms with E-state index >= 15 is 0 Å². The molecule has 0 N–H and O–H groups in total. The van der Waals surface area contributed by atoms with E-state index in [4.69, 9.17) is 0 Å². The highest BCUT2D eigenvalue weighted by Crippen LogP contribution is 2.28. The largest absolute Gasteiger partial charge is 0.255 e. The van der Waals surface area contributed by atoms with Gasteiger partial charge in [0.25, 0.3) is 0 Å². The van der Waals surface area contributed by atoms with Gasteiger partial charge in [0.1, 0.15) is 0 Å². The molecule has 0 bridgehead atoms. The zero-order valence-corrected chi connectivity index (χ0v) is 11.2. The minimum atomic E-state index is -0.981. The van der Waals surface area contributed by atoms with Crippen LogP contribution in [0.3, 0.4) is 0 Å². The molecule has 1 unspecified atom stereocenters. The second kappa shape index (κ2) is 4.93. The van der Waals surface area contributed by atoms with Crippen LogP contribution in [0.15, 0.2) is 57.9 Å². The number of benzene rings is 2. The average molecular weight is 295 g/mol. The van der Waals surface area contributed by atoms with Crippen molar-refractivity contribution in [2.75, 3.05) is 6.26 Å². The standard InChI is InChI=1S/C13H11BrOS/c1-16(15)13-9-11(14)7-8-12(13)10-5-3-2-4-6-10/h2-9H,1H3. The van der Waals surface area contributed by atoms with Gasteiger partial charge in [-0.3, -0.25) is 4.21 Å². The predicted octanol–water partition coefficient (Wildman–Crippen LogP) is 3.85. The summed E-state index contributed by atoms with van der Waals surface area (Å²) < 4.78 is 12.6. The summed E-state index contributed by atoms with van der Waals surface area (Å²) in [6.45, 7) is 0. The normalized spacial score (nSPS) is 12.4. The van der Waals surface area contributed by atoms with Crippen LogP contribution < -0.4 is 0 Å². The summed E-state index contributed by atoms with van der Waals surface area (Å²) in [4.78, 5) is 0.862. The van der Waals surface area contributed by atoms with Gasteiger partial charge in [0.15, 0.2) is 0 Å². The number of hydrogen-bond donors (Lipinski definition) is 0. The molecule has 1 atom stereocenters. The Balaban J connectivity index is 2.61. The van der Waals surface area contributed by atoms with Crippen LogP contribution in [0, 0.1) is 0 Å². The molecule has 0 saturated carbocycles. The fourth-order valence-electron chi connectivity index (χ4n) is 1.59. The Morgan fingerprint density at radius 2 is 1.75 bits per heavy atom. The van der Waals surface area contributed by atoms with Crippen molar-refractivity contribution in [3.8, 4) is 11.1 Å². The van der Waals surface area contributed by atoms with Crippen LogP contribution in [0.25, 0.3) is 11.1 Å². The molecule has 0 saturated heterocycles. The molecular formula is C13H11BrOS. The van der Waals surface area contributed by atoms with Gasteiger partial charge >= 0.3 is 0 Å². The van der Waals surface area contributed by atoms with Gasteiger partial charge in [-0.1, -0.05) is 52.3 Å². The first-order chi connectivity index (χ1) is 7.68. The highest BCUT2D eigenvalue weighted by atomic mass is 79.9. The third-order valence-corrected chi connectivity index (χ3v) is 3.79. The minimum Gasteiger partial charge on any atom is -0.255 e. The van der Waals surface area contributed by atoms with Crippen molar-refractivity contribution in [2.24, 2.45) is 0 Å². The molecule has 2 aromatic carbocycles. The van der Waals surface area contributed by atoms with Gasteiger partial charge in [-0.25, -0.2) is 0 Å². The van der Waals surface area contributed by atoms with Crippen LogP contribution in [0.5, 0.6) is 0 Å². The Bertz CT molecular complexity index is 523. The Kier molecular flexibility index (Phi) is 3.56. The fourth-order valence-corrected chi connectivity index (χ4v) is 2.89. The molecule has 82 valence electrons. The van der Waals surface area contributed by atoms with Crippen LogP contribution >= 0.6 is 15.9 Å². The maximum absolute atomic E-state index is 11.7. The first kappa shape index (κ1) is 11.6. The lowest BCUT2D eigenvalue weighted by Crippen LogP contribution is -1.92. The van der Waals surface area contributed by atoms with Gasteiger partial charge < -0.3 is 0 Å². The summed E-state index contributed by atoms with van der Waals surface area (Å²) >= 11 is 3.40. The average Bonchev–Trinajstić information content (AvgIpc) is 2.30. The van der Waals surface area contributed by atoms with Gasteiger partial charge in [0.05, 0.1) is 10.8 Å². The quantitative estimate of drug-likeness (QED) is 0.822. The minimum absolute atomic E-state index is 0.862. The molecule has 0 aliphatic rings. The van der Waals surface area contributed by atoms with Crippen LogP contribution in [0.4, 0.5) is 0 Å². The van der Waals surface area contributed by atoms with Crippen molar-refractivity contribution < 1.29 is 4.21 Å². The molecule has 0 spiro atoms. The number of hydrogen-bond acceptors (Lipinski definition) is 1. The highest BCUT2D eigenvalue weighted by molar-refractivity contribution is 9.10. The van der Waals surface area contributed by atoms with E-state index in [2.05, 4.69) is 15.9 Å².